The molecule has 0 bridgehead atoms. The molecule has 1 saturated carbocycles. The van der Waals surface area contributed by atoms with Gasteiger partial charge in [0, 0.05) is 30.3 Å². The Bertz CT molecular complexity index is 914. The number of aliphatic hydroxyl groups excluding tert-OH is 1. The number of amides is 1. The Labute approximate surface area is 183 Å². The Kier molecular flexibility index (Phi) is 5.66. The minimum absolute atomic E-state index is 0.0278. The minimum Gasteiger partial charge on any atom is -0.392 e. The van der Waals surface area contributed by atoms with Crippen LogP contribution in [0.1, 0.15) is 55.7 Å². The van der Waals surface area contributed by atoms with Crippen molar-refractivity contribution >= 4 is 22.4 Å². The second kappa shape index (κ2) is 7.97. The van der Waals surface area contributed by atoms with Gasteiger partial charge in [-0.25, -0.2) is 4.98 Å². The number of fused-ring (bicyclic) bond motifs is 2. The number of benzene rings is 1. The lowest BCUT2D eigenvalue weighted by Crippen LogP contribution is -2.53. The van der Waals surface area contributed by atoms with E-state index in [1.165, 1.54) is 4.88 Å². The van der Waals surface area contributed by atoms with Crippen molar-refractivity contribution in [3.05, 3.63) is 46.5 Å². The summed E-state index contributed by atoms with van der Waals surface area (Å²) in [7, 11) is 1.86. The van der Waals surface area contributed by atoms with E-state index < -0.39 is 6.10 Å². The number of aliphatic hydroxyl groups is 1. The van der Waals surface area contributed by atoms with Crippen molar-refractivity contribution in [2.75, 3.05) is 12.8 Å². The molecule has 1 aromatic carbocycles. The average Bonchev–Trinajstić information content (AvgIpc) is 3.07. The third kappa shape index (κ3) is 3.65. The smallest absolute Gasteiger partial charge is 0.225 e. The summed E-state index contributed by atoms with van der Waals surface area (Å²) in [6.45, 7) is 7.03. The van der Waals surface area contributed by atoms with Crippen molar-refractivity contribution in [2.24, 2.45) is 23.2 Å². The van der Waals surface area contributed by atoms with Crippen LogP contribution in [-0.4, -0.2) is 34.0 Å². The molecule has 6 unspecified atom stereocenters. The first-order valence-electron chi connectivity index (χ1n) is 10.9. The van der Waals surface area contributed by atoms with E-state index in [1.807, 2.05) is 44.3 Å². The molecule has 0 saturated heterocycles. The largest absolute Gasteiger partial charge is 0.392 e. The van der Waals surface area contributed by atoms with Crippen LogP contribution >= 0.6 is 11.3 Å². The number of carbonyl (C=O) groups is 1. The predicted octanol–water partition coefficient (Wildman–Crippen LogP) is 4.07. The molecule has 1 fully saturated rings. The number of hydrogen-bond donors (Lipinski definition) is 2. The van der Waals surface area contributed by atoms with Gasteiger partial charge in [0.05, 0.1) is 11.8 Å². The number of thiazole rings is 1. The molecule has 2 aliphatic carbocycles. The first kappa shape index (κ1) is 21.3. The molecule has 1 amide bonds. The summed E-state index contributed by atoms with van der Waals surface area (Å²) in [6, 6.07) is 10.0. The summed E-state index contributed by atoms with van der Waals surface area (Å²) in [5.74, 6) is 0.101. The van der Waals surface area contributed by atoms with E-state index in [0.29, 0.717) is 11.7 Å². The van der Waals surface area contributed by atoms with Crippen LogP contribution in [0.3, 0.4) is 0 Å². The average molecular weight is 428 g/mol. The van der Waals surface area contributed by atoms with Crippen molar-refractivity contribution in [2.45, 2.75) is 58.6 Å². The highest BCUT2D eigenvalue weighted by atomic mass is 32.1. The minimum atomic E-state index is -0.515. The van der Waals surface area contributed by atoms with Gasteiger partial charge in [-0.2, -0.15) is 0 Å². The van der Waals surface area contributed by atoms with Crippen LogP contribution in [0.25, 0.3) is 0 Å². The first-order chi connectivity index (χ1) is 14.2. The van der Waals surface area contributed by atoms with Gasteiger partial charge in [-0.1, -0.05) is 51.1 Å². The van der Waals surface area contributed by atoms with E-state index in [9.17, 15) is 9.90 Å². The quantitative estimate of drug-likeness (QED) is 0.771. The van der Waals surface area contributed by atoms with Gasteiger partial charge in [0.25, 0.3) is 0 Å². The number of rotatable bonds is 4. The molecule has 5 nitrogen and oxygen atoms in total. The maximum atomic E-state index is 13.2. The third-order valence-electron chi connectivity index (χ3n) is 7.61. The van der Waals surface area contributed by atoms with Gasteiger partial charge >= 0.3 is 0 Å². The fourth-order valence-electron chi connectivity index (χ4n) is 6.03. The number of aromatic nitrogens is 1. The Balaban J connectivity index is 1.51. The number of carbonyl (C=O) groups excluding carboxylic acids is 1. The molecular weight excluding hydrogens is 394 g/mol. The zero-order valence-electron chi connectivity index (χ0n) is 18.3. The van der Waals surface area contributed by atoms with Gasteiger partial charge < -0.3 is 15.7 Å². The summed E-state index contributed by atoms with van der Waals surface area (Å²) < 4.78 is 0. The molecule has 2 aromatic rings. The third-order valence-corrected chi connectivity index (χ3v) is 8.51. The zero-order valence-corrected chi connectivity index (χ0v) is 19.2. The highest BCUT2D eigenvalue weighted by Crippen LogP contribution is 2.57. The monoisotopic (exact) mass is 427 g/mol. The standard InChI is InChI=1S/C24H33N3O2S/c1-14(22(29)27(4)13-16-8-6-5-7-9-16)17-10-11-24(3)12-18-20(26-23(25)30-18)15(2)19(24)21(17)28/h5-9,14-15,17,19,21,28H,10-13H2,1-4H3,(H2,25,26). The van der Waals surface area contributed by atoms with E-state index in [4.69, 9.17) is 5.73 Å². The van der Waals surface area contributed by atoms with Crippen LogP contribution in [0.15, 0.2) is 30.3 Å². The van der Waals surface area contributed by atoms with Gasteiger partial charge in [0.1, 0.15) is 0 Å². The van der Waals surface area contributed by atoms with Crippen LogP contribution < -0.4 is 5.73 Å². The van der Waals surface area contributed by atoms with E-state index >= 15 is 0 Å². The molecule has 1 heterocycles. The Hall–Kier alpha value is -1.92. The summed E-state index contributed by atoms with van der Waals surface area (Å²) in [5.41, 5.74) is 8.20. The van der Waals surface area contributed by atoms with Gasteiger partial charge in [-0.15, -0.1) is 11.3 Å². The van der Waals surface area contributed by atoms with E-state index in [0.717, 1.165) is 30.5 Å². The summed E-state index contributed by atoms with van der Waals surface area (Å²) >= 11 is 1.59. The summed E-state index contributed by atoms with van der Waals surface area (Å²) in [6.07, 6.45) is 2.29. The molecule has 30 heavy (non-hydrogen) atoms. The second-order valence-electron chi connectivity index (χ2n) is 9.67. The van der Waals surface area contributed by atoms with Crippen molar-refractivity contribution in [1.82, 2.24) is 9.88 Å². The predicted molar refractivity (Wildman–Crippen MR) is 121 cm³/mol. The molecule has 4 rings (SSSR count). The van der Waals surface area contributed by atoms with Gasteiger partial charge in [-0.3, -0.25) is 4.79 Å². The normalized spacial score (nSPS) is 31.5. The van der Waals surface area contributed by atoms with Crippen LogP contribution in [0.2, 0.25) is 0 Å². The fourth-order valence-corrected chi connectivity index (χ4v) is 7.17. The lowest BCUT2D eigenvalue weighted by Gasteiger charge is -2.53. The molecule has 0 spiro atoms. The number of nitrogens with two attached hydrogens (primary N) is 1. The molecule has 3 N–H and O–H groups in total. The number of nitrogens with zero attached hydrogens (tertiary/aromatic N) is 2. The first-order valence-corrected chi connectivity index (χ1v) is 11.7. The second-order valence-corrected chi connectivity index (χ2v) is 10.8. The topological polar surface area (TPSA) is 79.5 Å². The Morgan fingerprint density at radius 2 is 2.10 bits per heavy atom. The highest BCUT2D eigenvalue weighted by Gasteiger charge is 2.54. The highest BCUT2D eigenvalue weighted by molar-refractivity contribution is 7.15. The Morgan fingerprint density at radius 1 is 1.40 bits per heavy atom. The van der Waals surface area contributed by atoms with E-state index in [1.54, 1.807) is 16.2 Å². The van der Waals surface area contributed by atoms with Gasteiger partial charge in [-0.05, 0) is 42.1 Å². The zero-order chi connectivity index (χ0) is 21.6. The van der Waals surface area contributed by atoms with Crippen LogP contribution in [0.5, 0.6) is 0 Å². The van der Waals surface area contributed by atoms with Crippen molar-refractivity contribution < 1.29 is 9.90 Å². The summed E-state index contributed by atoms with van der Waals surface area (Å²) in [5, 5.41) is 12.1. The molecule has 1 aromatic heterocycles. The molecule has 0 aliphatic heterocycles. The molecular formula is C24H33N3O2S. The molecule has 6 atom stereocenters. The fraction of sp³-hybridized carbons (Fsp3) is 0.583. The number of nitrogen functional groups attached to an aromatic ring is 1. The van der Waals surface area contributed by atoms with Crippen LogP contribution in [0.4, 0.5) is 5.13 Å². The number of hydrogen-bond acceptors (Lipinski definition) is 5. The van der Waals surface area contributed by atoms with Crippen molar-refractivity contribution in [3.8, 4) is 0 Å². The van der Waals surface area contributed by atoms with Crippen molar-refractivity contribution in [3.63, 3.8) is 0 Å². The number of anilines is 1. The SMILES string of the molecule is CC(C(=O)N(C)Cc1ccccc1)C1CCC2(C)Cc3sc(N)nc3C(C)C2C1O. The molecule has 0 radical (unpaired) electrons. The van der Waals surface area contributed by atoms with Crippen LogP contribution in [0, 0.1) is 23.2 Å². The van der Waals surface area contributed by atoms with Gasteiger partial charge in [0.15, 0.2) is 5.13 Å². The molecule has 2 aliphatic rings. The van der Waals surface area contributed by atoms with E-state index in [2.05, 4.69) is 18.8 Å². The van der Waals surface area contributed by atoms with Crippen LogP contribution in [-0.2, 0) is 17.8 Å². The van der Waals surface area contributed by atoms with Crippen molar-refractivity contribution in [1.29, 1.82) is 0 Å². The van der Waals surface area contributed by atoms with Gasteiger partial charge in [0.2, 0.25) is 5.91 Å². The van der Waals surface area contributed by atoms with E-state index in [-0.39, 0.29) is 35.0 Å². The lowest BCUT2D eigenvalue weighted by molar-refractivity contribution is -0.144. The lowest BCUT2D eigenvalue weighted by atomic mass is 9.53. The Morgan fingerprint density at radius 3 is 2.80 bits per heavy atom. The summed E-state index contributed by atoms with van der Waals surface area (Å²) in [4.78, 5) is 20.9. The molecule has 6 heteroatoms. The molecule has 162 valence electrons. The maximum Gasteiger partial charge on any atom is 0.225 e. The maximum absolute atomic E-state index is 13.2.